The minimum absolute atomic E-state index is 0.0111. The number of carboxylic acids is 3. The molecule has 12 atom stereocenters. The number of H-pyrrole nitrogens is 1. The van der Waals surface area contributed by atoms with Gasteiger partial charge >= 0.3 is 17.9 Å². The summed E-state index contributed by atoms with van der Waals surface area (Å²) in [4.78, 5) is 234. The molecule has 28 N–H and O–H groups in total. The summed E-state index contributed by atoms with van der Waals surface area (Å²) in [7, 11) is 0. The highest BCUT2D eigenvalue weighted by atomic mass is 32.2. The van der Waals surface area contributed by atoms with Gasteiger partial charge in [0.05, 0.1) is 31.9 Å². The van der Waals surface area contributed by atoms with Gasteiger partial charge in [0.15, 0.2) is 0 Å². The maximum atomic E-state index is 14.4. The number of carbonyl (C=O) groups is 17. The van der Waals surface area contributed by atoms with Crippen molar-refractivity contribution in [2.24, 2.45) is 28.7 Å². The molecule has 0 fully saturated rings. The van der Waals surface area contributed by atoms with E-state index < -0.39 is 243 Å². The van der Waals surface area contributed by atoms with Crippen LogP contribution in [-0.2, 0) is 101 Å². The summed E-state index contributed by atoms with van der Waals surface area (Å²) in [5.41, 5.74) is 29.7. The first-order valence-corrected chi connectivity index (χ1v) is 37.2. The van der Waals surface area contributed by atoms with Crippen molar-refractivity contribution in [2.45, 2.75) is 182 Å². The molecule has 41 nitrogen and oxygen atoms in total. The van der Waals surface area contributed by atoms with E-state index in [4.69, 9.17) is 28.7 Å². The summed E-state index contributed by atoms with van der Waals surface area (Å²) < 4.78 is 0. The van der Waals surface area contributed by atoms with Crippen molar-refractivity contribution in [1.82, 2.24) is 73.8 Å². The molecule has 612 valence electrons. The van der Waals surface area contributed by atoms with Crippen LogP contribution in [0, 0.1) is 0 Å². The van der Waals surface area contributed by atoms with E-state index in [1.807, 2.05) is 0 Å². The lowest BCUT2D eigenvalue weighted by Crippen LogP contribution is -2.61. The standard InChI is InChI=1S/C68H101N19O22S2/c1-111-26-23-46(64(104)82-44(18-21-55(93)94)62(102)85-49(68(108)109)28-36-9-3-2-4-10-36)83-67(107)51(34-110)87-63(103)45(19-22-56(95)96)81-61(101)43(17-20-52(72)90)80-59(99)42(12-6-8-25-70)79-66(106)50(33-88)86-65(105)47(27-37-13-15-39(89)16-14-37)77-54(92)32-75-58(98)48(30-53(73)91)84-60(100)41(11-5-7-24-69)78-57(97)40(71)29-38-31-74-35-76-38/h2-4,9-10,13-16,31,35,40-51,88-89,110H,5-8,11-12,17-30,32-34,69-71H2,1H3,(H2,72,90)(H2,73,91)(H,74,76)(H,75,98)(H,77,92)(H,78,97)(H,79,106)(H,80,99)(H,81,101)(H,82,104)(H,83,107)(H,84,100)(H,85,102)(H,86,105)(H,87,103)(H,93,94)(H,95,96)(H,108,109)/t40-,41-,42-,43-,44-,45-,46-,47-,48-,49-,50-,51-/m0/s1. The fourth-order valence-corrected chi connectivity index (χ4v) is 11.3. The van der Waals surface area contributed by atoms with E-state index in [9.17, 15) is 107 Å². The zero-order valence-corrected chi connectivity index (χ0v) is 62.6. The van der Waals surface area contributed by atoms with Crippen molar-refractivity contribution in [3.63, 3.8) is 0 Å². The van der Waals surface area contributed by atoms with Gasteiger partial charge in [-0.3, -0.25) is 76.7 Å². The van der Waals surface area contributed by atoms with Crippen LogP contribution in [-0.4, -0.2) is 253 Å². The van der Waals surface area contributed by atoms with Crippen LogP contribution in [0.1, 0.15) is 107 Å². The van der Waals surface area contributed by atoms with E-state index in [1.165, 1.54) is 48.6 Å². The predicted molar refractivity (Wildman–Crippen MR) is 400 cm³/mol. The number of nitrogens with one attached hydrogen (secondary N) is 13. The number of hydrogen-bond donors (Lipinski definition) is 24. The van der Waals surface area contributed by atoms with Crippen LogP contribution >= 0.6 is 24.4 Å². The number of carbonyl (C=O) groups excluding carboxylic acids is 14. The number of thioether (sulfide) groups is 1. The Morgan fingerprint density at radius 1 is 0.468 bits per heavy atom. The number of thiol groups is 1. The number of unbranched alkanes of at least 4 members (excludes halogenated alkanes) is 2. The summed E-state index contributed by atoms with van der Waals surface area (Å²) in [6.45, 7) is -1.81. The number of amides is 14. The molecule has 2 aromatic carbocycles. The molecule has 0 aliphatic carbocycles. The van der Waals surface area contributed by atoms with Crippen molar-refractivity contribution in [3.8, 4) is 5.75 Å². The van der Waals surface area contributed by atoms with Gasteiger partial charge in [0.25, 0.3) is 0 Å². The number of phenolic OH excluding ortho intramolecular Hbond substituents is 1. The van der Waals surface area contributed by atoms with Gasteiger partial charge < -0.3 is 123 Å². The zero-order valence-electron chi connectivity index (χ0n) is 60.9. The number of aromatic hydroxyl groups is 1. The third-order valence-electron chi connectivity index (χ3n) is 16.6. The summed E-state index contributed by atoms with van der Waals surface area (Å²) in [6, 6.07) is -6.13. The van der Waals surface area contributed by atoms with Crippen LogP contribution in [0.4, 0.5) is 0 Å². The number of benzene rings is 2. The number of rotatable bonds is 55. The van der Waals surface area contributed by atoms with Crippen LogP contribution < -0.4 is 92.5 Å². The van der Waals surface area contributed by atoms with Gasteiger partial charge in [-0.05, 0) is 113 Å². The molecule has 1 aromatic heterocycles. The molecule has 111 heavy (non-hydrogen) atoms. The lowest BCUT2D eigenvalue weighted by Gasteiger charge is -2.28. The Hall–Kier alpha value is -11.0. The number of carboxylic acid groups (broad SMARTS) is 3. The molecular weight excluding hydrogens is 1500 g/mol. The number of primary amides is 2. The Morgan fingerprint density at radius 3 is 1.32 bits per heavy atom. The SMILES string of the molecule is CSCC[C@H](NC(=O)[C@H](CS)NC(=O)[C@H](CCC(=O)O)NC(=O)[C@H](CCC(N)=O)NC(=O)[C@H](CCCCN)NC(=O)[C@H](CO)NC(=O)[C@H](Cc1ccc(O)cc1)NC(=O)CNC(=O)[C@H](CC(N)=O)NC(=O)[C@H](CCCCN)NC(=O)[C@@H](N)Cc1cnc[nH]1)C(=O)N[C@@H](CCC(=O)O)C(=O)N[C@@H](Cc1ccccc1)C(=O)O. The molecule has 0 radical (unpaired) electrons. The highest BCUT2D eigenvalue weighted by Gasteiger charge is 2.37. The van der Waals surface area contributed by atoms with Crippen LogP contribution in [0.25, 0.3) is 0 Å². The number of aromatic nitrogens is 2. The number of aliphatic hydroxyl groups excluding tert-OH is 1. The quantitative estimate of drug-likeness (QED) is 0.0184. The van der Waals surface area contributed by atoms with E-state index in [0.717, 1.165) is 0 Å². The van der Waals surface area contributed by atoms with Crippen molar-refractivity contribution < 1.29 is 107 Å². The predicted octanol–water partition coefficient (Wildman–Crippen LogP) is -7.19. The molecule has 3 aromatic rings. The fraction of sp³-hybridized carbons (Fsp3) is 0.529. The number of aliphatic carboxylic acids is 3. The molecule has 1 heterocycles. The highest BCUT2D eigenvalue weighted by molar-refractivity contribution is 7.98. The molecule has 43 heteroatoms. The van der Waals surface area contributed by atoms with Crippen molar-refractivity contribution in [2.75, 3.05) is 44.0 Å². The maximum absolute atomic E-state index is 14.4. The molecule has 0 saturated heterocycles. The number of nitrogens with zero attached hydrogens (tertiary/aromatic N) is 1. The third kappa shape index (κ3) is 36.4. The number of aromatic amines is 1. The summed E-state index contributed by atoms with van der Waals surface area (Å²) in [5.74, 6) is -20.0. The Kier molecular flexibility index (Phi) is 43.0. The lowest BCUT2D eigenvalue weighted by molar-refractivity contribution is -0.143. The molecular formula is C68H101N19O22S2. The van der Waals surface area contributed by atoms with Gasteiger partial charge in [0, 0.05) is 56.2 Å². The van der Waals surface area contributed by atoms with Gasteiger partial charge in [-0.25, -0.2) is 9.78 Å². The summed E-state index contributed by atoms with van der Waals surface area (Å²) >= 11 is 5.42. The lowest BCUT2D eigenvalue weighted by atomic mass is 10.0. The Bertz CT molecular complexity index is 3620. The maximum Gasteiger partial charge on any atom is 0.326 e. The minimum atomic E-state index is -1.94. The molecule has 0 bridgehead atoms. The second-order valence-corrected chi connectivity index (χ2v) is 26.8. The number of nitrogens with two attached hydrogens (primary N) is 5. The van der Waals surface area contributed by atoms with Crippen LogP contribution in [0.2, 0.25) is 0 Å². The normalized spacial score (nSPS) is 14.2. The van der Waals surface area contributed by atoms with E-state index in [2.05, 4.69) is 86.4 Å². The topological polar surface area (TPSA) is 694 Å². The summed E-state index contributed by atoms with van der Waals surface area (Å²) in [6.07, 6.45) is -0.0937. The van der Waals surface area contributed by atoms with Gasteiger partial charge in [-0.2, -0.15) is 24.4 Å². The van der Waals surface area contributed by atoms with Gasteiger partial charge in [0.2, 0.25) is 82.7 Å². The van der Waals surface area contributed by atoms with E-state index >= 15 is 0 Å². The average molecular weight is 1600 g/mol. The van der Waals surface area contributed by atoms with E-state index in [1.54, 1.807) is 36.6 Å². The van der Waals surface area contributed by atoms with Crippen LogP contribution in [0.15, 0.2) is 67.1 Å². The highest BCUT2D eigenvalue weighted by Crippen LogP contribution is 2.15. The van der Waals surface area contributed by atoms with Crippen LogP contribution in [0.5, 0.6) is 5.75 Å². The van der Waals surface area contributed by atoms with Crippen molar-refractivity contribution in [1.29, 1.82) is 0 Å². The minimum Gasteiger partial charge on any atom is -0.508 e. The smallest absolute Gasteiger partial charge is 0.326 e. The molecule has 14 amide bonds. The first-order valence-electron chi connectivity index (χ1n) is 35.2. The van der Waals surface area contributed by atoms with Crippen molar-refractivity contribution in [3.05, 3.63) is 83.9 Å². The Labute approximate surface area is 647 Å². The number of hydrogen-bond acceptors (Lipinski definition) is 25. The largest absolute Gasteiger partial charge is 0.508 e. The second-order valence-electron chi connectivity index (χ2n) is 25.5. The number of aliphatic hydroxyl groups is 1. The molecule has 0 aliphatic heterocycles. The fourth-order valence-electron chi connectivity index (χ4n) is 10.6. The number of imidazole rings is 1. The molecule has 0 saturated carbocycles. The average Bonchev–Trinajstić information content (AvgIpc) is 1.06. The monoisotopic (exact) mass is 1600 g/mol. The Morgan fingerprint density at radius 2 is 0.883 bits per heavy atom. The van der Waals surface area contributed by atoms with Crippen LogP contribution in [0.3, 0.4) is 0 Å². The molecule has 0 aliphatic rings. The van der Waals surface area contributed by atoms with E-state index in [0.29, 0.717) is 29.7 Å². The van der Waals surface area contributed by atoms with Crippen molar-refractivity contribution >= 4 is 125 Å². The van der Waals surface area contributed by atoms with Gasteiger partial charge in [-0.1, -0.05) is 42.5 Å². The van der Waals surface area contributed by atoms with Gasteiger partial charge in [-0.15, -0.1) is 0 Å². The Balaban J connectivity index is 1.86. The van der Waals surface area contributed by atoms with Gasteiger partial charge in [0.1, 0.15) is 72.2 Å². The number of phenols is 1. The zero-order chi connectivity index (χ0) is 82.7. The third-order valence-corrected chi connectivity index (χ3v) is 17.6. The molecule has 3 rings (SSSR count). The first-order chi connectivity index (χ1) is 52.7. The van der Waals surface area contributed by atoms with E-state index in [-0.39, 0.29) is 69.5 Å². The molecule has 0 spiro atoms. The summed E-state index contributed by atoms with van der Waals surface area (Å²) in [5, 5.41) is 78.1. The second kappa shape index (κ2) is 50.6. The first kappa shape index (κ1) is 94.2. The molecule has 0 unspecified atom stereocenters.